The van der Waals surface area contributed by atoms with Gasteiger partial charge in [-0.05, 0) is 18.1 Å². The molecule has 2 heteroatoms. The zero-order chi connectivity index (χ0) is 15.1. The van der Waals surface area contributed by atoms with Crippen LogP contribution in [0.4, 0.5) is 0 Å². The van der Waals surface area contributed by atoms with Crippen LogP contribution < -0.4 is 9.80 Å². The minimum absolute atomic E-state index is 1.12. The van der Waals surface area contributed by atoms with Crippen LogP contribution in [0, 0.1) is 0 Å². The van der Waals surface area contributed by atoms with Gasteiger partial charge in [0.25, 0.3) is 0 Å². The lowest BCUT2D eigenvalue weighted by Crippen LogP contribution is -3.17. The second-order valence-corrected chi connectivity index (χ2v) is 6.05. The summed E-state index contributed by atoms with van der Waals surface area (Å²) in [6.07, 6.45) is 0. The first-order chi connectivity index (χ1) is 10.2. The quantitative estimate of drug-likeness (QED) is 0.748. The monoisotopic (exact) mass is 284 g/mol. The molecule has 0 saturated carbocycles. The molecule has 0 fully saturated rings. The van der Waals surface area contributed by atoms with Gasteiger partial charge in [-0.15, -0.1) is 0 Å². The Morgan fingerprint density at radius 2 is 1.38 bits per heavy atom. The summed E-state index contributed by atoms with van der Waals surface area (Å²) in [6, 6.07) is 19.6. The minimum Gasteiger partial charge on any atom is -0.335 e. The lowest BCUT2D eigenvalue weighted by molar-refractivity contribution is -0.949. The molecule has 0 bridgehead atoms. The van der Waals surface area contributed by atoms with Crippen LogP contribution in [0.2, 0.25) is 0 Å². The molecular weight excluding hydrogens is 256 g/mol. The number of nitrogens with one attached hydrogen (secondary N) is 2. The number of hydrogen-bond donors (Lipinski definition) is 2. The van der Waals surface area contributed by atoms with Crippen molar-refractivity contribution in [3.8, 4) is 11.1 Å². The zero-order valence-electron chi connectivity index (χ0n) is 13.5. The Morgan fingerprint density at radius 3 is 1.95 bits per heavy atom. The number of benzene rings is 2. The maximum atomic E-state index is 2.28. The van der Waals surface area contributed by atoms with Crippen LogP contribution in [-0.2, 0) is 6.54 Å². The smallest absolute Gasteiger partial charge is 0.127 e. The van der Waals surface area contributed by atoms with E-state index in [0.29, 0.717) is 0 Å². The normalized spacial score (nSPS) is 12.6. The van der Waals surface area contributed by atoms with Gasteiger partial charge in [0.15, 0.2) is 0 Å². The highest BCUT2D eigenvalue weighted by Crippen LogP contribution is 2.18. The zero-order valence-corrected chi connectivity index (χ0v) is 13.5. The molecule has 2 nitrogen and oxygen atoms in total. The van der Waals surface area contributed by atoms with Gasteiger partial charge in [-0.25, -0.2) is 0 Å². The number of quaternary nitrogens is 2. The molecule has 112 valence electrons. The highest BCUT2D eigenvalue weighted by atomic mass is 15.2. The number of hydrogen-bond acceptors (Lipinski definition) is 0. The molecule has 0 aromatic heterocycles. The largest absolute Gasteiger partial charge is 0.335 e. The Bertz CT molecular complexity index is 517. The van der Waals surface area contributed by atoms with E-state index < -0.39 is 0 Å². The van der Waals surface area contributed by atoms with E-state index in [0.717, 1.165) is 6.54 Å². The van der Waals surface area contributed by atoms with Gasteiger partial charge in [0, 0.05) is 5.56 Å². The van der Waals surface area contributed by atoms with E-state index in [1.165, 1.54) is 41.2 Å². The summed E-state index contributed by atoms with van der Waals surface area (Å²) >= 11 is 0. The molecule has 2 rings (SSSR count). The molecule has 1 atom stereocenters. The average Bonchev–Trinajstić information content (AvgIpc) is 2.52. The third kappa shape index (κ3) is 5.00. The first kappa shape index (κ1) is 15.7. The van der Waals surface area contributed by atoms with Crippen molar-refractivity contribution in [1.29, 1.82) is 0 Å². The molecule has 0 saturated heterocycles. The van der Waals surface area contributed by atoms with Crippen molar-refractivity contribution in [2.45, 2.75) is 13.5 Å². The molecule has 0 amide bonds. The van der Waals surface area contributed by atoms with Crippen LogP contribution in [0.5, 0.6) is 0 Å². The van der Waals surface area contributed by atoms with Crippen LogP contribution in [-0.4, -0.2) is 33.7 Å². The maximum absolute atomic E-state index is 2.28. The van der Waals surface area contributed by atoms with E-state index in [4.69, 9.17) is 0 Å². The summed E-state index contributed by atoms with van der Waals surface area (Å²) in [5, 5.41) is 0. The first-order valence-corrected chi connectivity index (χ1v) is 7.96. The summed E-state index contributed by atoms with van der Waals surface area (Å²) in [7, 11) is 4.45. The predicted molar refractivity (Wildman–Crippen MR) is 89.6 cm³/mol. The van der Waals surface area contributed by atoms with Gasteiger partial charge in [-0.3, -0.25) is 0 Å². The molecule has 2 aromatic carbocycles. The summed E-state index contributed by atoms with van der Waals surface area (Å²) in [6.45, 7) is 7.05. The highest BCUT2D eigenvalue weighted by Gasteiger charge is 2.09. The Hall–Kier alpha value is -1.64. The van der Waals surface area contributed by atoms with Crippen LogP contribution in [0.25, 0.3) is 11.1 Å². The van der Waals surface area contributed by atoms with Crippen LogP contribution in [0.1, 0.15) is 12.5 Å². The second-order valence-electron chi connectivity index (χ2n) is 6.05. The van der Waals surface area contributed by atoms with E-state index in [2.05, 4.69) is 75.6 Å². The van der Waals surface area contributed by atoms with Gasteiger partial charge in [0.05, 0.1) is 20.6 Å². The average molecular weight is 284 g/mol. The summed E-state index contributed by atoms with van der Waals surface area (Å²) in [4.78, 5) is 3.18. The topological polar surface area (TPSA) is 8.88 Å². The Morgan fingerprint density at radius 1 is 0.762 bits per heavy atom. The molecule has 2 N–H and O–H groups in total. The molecule has 1 unspecified atom stereocenters. The summed E-state index contributed by atoms with van der Waals surface area (Å²) in [5.74, 6) is 0. The molecular formula is C19H28N2+2. The predicted octanol–water partition coefficient (Wildman–Crippen LogP) is 0.903. The van der Waals surface area contributed by atoms with E-state index in [1.54, 1.807) is 4.90 Å². The molecule has 0 spiro atoms. The van der Waals surface area contributed by atoms with Crippen molar-refractivity contribution in [3.63, 3.8) is 0 Å². The molecule has 0 aliphatic rings. The van der Waals surface area contributed by atoms with Gasteiger partial charge in [-0.1, -0.05) is 54.6 Å². The van der Waals surface area contributed by atoms with Gasteiger partial charge < -0.3 is 9.80 Å². The van der Waals surface area contributed by atoms with Crippen LogP contribution in [0.3, 0.4) is 0 Å². The Kier molecular flexibility index (Phi) is 5.97. The van der Waals surface area contributed by atoms with E-state index >= 15 is 0 Å². The lowest BCUT2D eigenvalue weighted by Gasteiger charge is -2.18. The fourth-order valence-electron chi connectivity index (χ4n) is 2.55. The van der Waals surface area contributed by atoms with E-state index in [9.17, 15) is 0 Å². The molecule has 0 heterocycles. The summed E-state index contributed by atoms with van der Waals surface area (Å²) < 4.78 is 0. The summed E-state index contributed by atoms with van der Waals surface area (Å²) in [5.41, 5.74) is 4.02. The Balaban J connectivity index is 1.98. The Labute approximate surface area is 129 Å². The molecule has 21 heavy (non-hydrogen) atoms. The number of likely N-dealkylation sites (N-methyl/N-ethyl adjacent to an activating group) is 2. The van der Waals surface area contributed by atoms with Crippen LogP contribution >= 0.6 is 0 Å². The van der Waals surface area contributed by atoms with Crippen molar-refractivity contribution in [2.24, 2.45) is 0 Å². The fraction of sp³-hybridized carbons (Fsp3) is 0.368. The van der Waals surface area contributed by atoms with Crippen molar-refractivity contribution in [1.82, 2.24) is 0 Å². The van der Waals surface area contributed by atoms with Crippen molar-refractivity contribution >= 4 is 0 Å². The van der Waals surface area contributed by atoms with Crippen LogP contribution in [0.15, 0.2) is 54.6 Å². The van der Waals surface area contributed by atoms with Gasteiger partial charge in [-0.2, -0.15) is 0 Å². The molecule has 2 aromatic rings. The standard InChI is InChI=1S/C19H26N2/c1-4-21(15-14-20(2)3)16-17-10-12-19(13-11-17)18-8-6-5-7-9-18/h5-13H,4,14-16H2,1-3H3/p+2. The number of rotatable bonds is 7. The fourth-order valence-corrected chi connectivity index (χ4v) is 2.55. The van der Waals surface area contributed by atoms with E-state index in [1.807, 2.05) is 0 Å². The van der Waals surface area contributed by atoms with Crippen molar-refractivity contribution in [3.05, 3.63) is 60.2 Å². The third-order valence-electron chi connectivity index (χ3n) is 3.99. The molecule has 0 radical (unpaired) electrons. The van der Waals surface area contributed by atoms with E-state index in [-0.39, 0.29) is 0 Å². The van der Waals surface area contributed by atoms with Gasteiger partial charge in [0.1, 0.15) is 19.6 Å². The molecule has 0 aliphatic heterocycles. The lowest BCUT2D eigenvalue weighted by atomic mass is 10.0. The van der Waals surface area contributed by atoms with Crippen molar-refractivity contribution < 1.29 is 9.80 Å². The third-order valence-corrected chi connectivity index (χ3v) is 3.99. The van der Waals surface area contributed by atoms with Gasteiger partial charge >= 0.3 is 0 Å². The minimum atomic E-state index is 1.12. The van der Waals surface area contributed by atoms with Gasteiger partial charge in [0.2, 0.25) is 0 Å². The first-order valence-electron chi connectivity index (χ1n) is 7.96. The SMILES string of the molecule is CC[NH+](CC[NH+](C)C)Cc1ccc(-c2ccccc2)cc1. The second kappa shape index (κ2) is 7.96. The maximum Gasteiger partial charge on any atom is 0.127 e. The highest BCUT2D eigenvalue weighted by molar-refractivity contribution is 5.63. The molecule has 0 aliphatic carbocycles. The van der Waals surface area contributed by atoms with Crippen molar-refractivity contribution in [2.75, 3.05) is 33.7 Å².